The minimum absolute atomic E-state index is 0.0462. The predicted molar refractivity (Wildman–Crippen MR) is 156 cm³/mol. The van der Waals surface area contributed by atoms with Gasteiger partial charge in [-0.05, 0) is 55.3 Å². The van der Waals surface area contributed by atoms with Crippen LogP contribution in [0.4, 0.5) is 34.5 Å². The number of alkyl halides is 3. The third kappa shape index (κ3) is 6.81. The summed E-state index contributed by atoms with van der Waals surface area (Å²) >= 11 is 1.55. The van der Waals surface area contributed by atoms with Gasteiger partial charge in [-0.3, -0.25) is 4.98 Å². The van der Waals surface area contributed by atoms with E-state index in [2.05, 4.69) is 35.9 Å². The van der Waals surface area contributed by atoms with E-state index in [4.69, 9.17) is 4.74 Å². The molecule has 0 saturated carbocycles. The summed E-state index contributed by atoms with van der Waals surface area (Å²) in [6, 6.07) is 14.5. The van der Waals surface area contributed by atoms with Gasteiger partial charge in [-0.15, -0.1) is 0 Å². The predicted octanol–water partition coefficient (Wildman–Crippen LogP) is 7.86. The zero-order chi connectivity index (χ0) is 29.7. The van der Waals surface area contributed by atoms with Crippen LogP contribution >= 0.6 is 11.3 Å². The van der Waals surface area contributed by atoms with Crippen molar-refractivity contribution in [1.82, 2.24) is 19.9 Å². The largest absolute Gasteiger partial charge is 0.424 e. The fourth-order valence-corrected chi connectivity index (χ4v) is 4.81. The number of pyridine rings is 1. The van der Waals surface area contributed by atoms with E-state index < -0.39 is 17.8 Å². The van der Waals surface area contributed by atoms with Crippen molar-refractivity contribution in [3.63, 3.8) is 0 Å². The van der Waals surface area contributed by atoms with Crippen molar-refractivity contribution in [2.75, 3.05) is 22.5 Å². The van der Waals surface area contributed by atoms with Crippen molar-refractivity contribution >= 4 is 33.9 Å². The molecule has 0 radical (unpaired) electrons. The number of carbonyl (C=O) groups excluding carboxylic acids is 1. The molecule has 0 saturated heterocycles. The second-order valence-corrected chi connectivity index (χ2v) is 9.98. The number of amides is 2. The van der Waals surface area contributed by atoms with Gasteiger partial charge in [0.25, 0.3) is 0 Å². The number of carbonyl (C=O) groups is 1. The number of nitrogens with zero attached hydrogens (tertiary/aromatic N) is 4. The molecule has 0 aliphatic rings. The van der Waals surface area contributed by atoms with Gasteiger partial charge in [0.1, 0.15) is 5.75 Å². The van der Waals surface area contributed by atoms with Crippen LogP contribution in [0.3, 0.4) is 0 Å². The monoisotopic (exact) mass is 591 g/mol. The number of aromatic nitrogens is 4. The van der Waals surface area contributed by atoms with E-state index in [0.717, 1.165) is 39.9 Å². The Morgan fingerprint density at radius 1 is 0.929 bits per heavy atom. The molecule has 3 aromatic heterocycles. The molecule has 42 heavy (non-hydrogen) atoms. The molecule has 9 nitrogen and oxygen atoms in total. The van der Waals surface area contributed by atoms with Crippen LogP contribution in [0.2, 0.25) is 0 Å². The Labute approximate surface area is 242 Å². The number of hydrogen-bond acceptors (Lipinski definition) is 8. The molecule has 0 unspecified atom stereocenters. The standard InChI is InChI=1S/C29H24F3N7O2S/c1-3-33-28-37-16-24(42-28)18-8-10-21(11-9-18)41-27-35-14-20(15-36-27)38-26(40)39-23-12-19(29(30,31)32)13-34-25(23)22-7-5-4-6-17(22)2/h4-16H,3H2,1-2H3,(H,33,37)(H2,38,39,40). The number of hydrogen-bond donors (Lipinski definition) is 3. The zero-order valence-electron chi connectivity index (χ0n) is 22.4. The van der Waals surface area contributed by atoms with Gasteiger partial charge >= 0.3 is 18.2 Å². The molecule has 0 aliphatic carbocycles. The van der Waals surface area contributed by atoms with Crippen molar-refractivity contribution in [3.05, 3.63) is 90.5 Å². The minimum Gasteiger partial charge on any atom is -0.424 e. The average Bonchev–Trinajstić information content (AvgIpc) is 3.43. The molecule has 2 aromatic carbocycles. The van der Waals surface area contributed by atoms with Crippen LogP contribution in [0, 0.1) is 6.92 Å². The second kappa shape index (κ2) is 12.2. The molecule has 0 atom stereocenters. The van der Waals surface area contributed by atoms with Crippen LogP contribution < -0.4 is 20.7 Å². The van der Waals surface area contributed by atoms with E-state index in [1.165, 1.54) is 12.4 Å². The summed E-state index contributed by atoms with van der Waals surface area (Å²) in [5.41, 5.74) is 1.68. The molecular formula is C29H24F3N7O2S. The first-order valence-electron chi connectivity index (χ1n) is 12.7. The van der Waals surface area contributed by atoms with Crippen molar-refractivity contribution in [2.45, 2.75) is 20.0 Å². The Bertz CT molecular complexity index is 1690. The first-order chi connectivity index (χ1) is 20.2. The summed E-state index contributed by atoms with van der Waals surface area (Å²) in [5, 5.41) is 9.02. The highest BCUT2D eigenvalue weighted by molar-refractivity contribution is 7.18. The first-order valence-corrected chi connectivity index (χ1v) is 13.5. The van der Waals surface area contributed by atoms with Crippen LogP contribution in [0.1, 0.15) is 18.1 Å². The van der Waals surface area contributed by atoms with Gasteiger partial charge in [0.15, 0.2) is 5.13 Å². The molecule has 0 fully saturated rings. The summed E-state index contributed by atoms with van der Waals surface area (Å²) in [6.07, 6.45) is 0.553. The number of benzene rings is 2. The van der Waals surface area contributed by atoms with E-state index in [0.29, 0.717) is 11.3 Å². The van der Waals surface area contributed by atoms with E-state index in [1.54, 1.807) is 60.9 Å². The molecular weight excluding hydrogens is 567 g/mol. The molecule has 13 heteroatoms. The quantitative estimate of drug-likeness (QED) is 0.168. The number of halogens is 3. The van der Waals surface area contributed by atoms with Gasteiger partial charge in [-0.25, -0.2) is 19.7 Å². The lowest BCUT2D eigenvalue weighted by molar-refractivity contribution is -0.137. The highest BCUT2D eigenvalue weighted by Gasteiger charge is 2.32. The Hall–Kier alpha value is -5.04. The van der Waals surface area contributed by atoms with E-state index in [9.17, 15) is 18.0 Å². The number of rotatable bonds is 8. The van der Waals surface area contributed by atoms with Gasteiger partial charge in [0.2, 0.25) is 0 Å². The van der Waals surface area contributed by atoms with E-state index in [1.807, 2.05) is 19.1 Å². The number of urea groups is 1. The van der Waals surface area contributed by atoms with E-state index in [-0.39, 0.29) is 23.1 Å². The SMILES string of the molecule is CCNc1ncc(-c2ccc(Oc3ncc(NC(=O)Nc4cc(C(F)(F)F)cnc4-c4ccccc4C)cn3)cc2)s1. The first kappa shape index (κ1) is 28.5. The molecule has 2 amide bonds. The maximum atomic E-state index is 13.4. The van der Waals surface area contributed by atoms with Gasteiger partial charge in [-0.2, -0.15) is 13.2 Å². The van der Waals surface area contributed by atoms with Crippen LogP contribution in [0.5, 0.6) is 11.8 Å². The molecule has 3 N–H and O–H groups in total. The molecule has 0 bridgehead atoms. The smallest absolute Gasteiger partial charge is 0.417 e. The molecule has 3 heterocycles. The van der Waals surface area contributed by atoms with Crippen molar-refractivity contribution in [3.8, 4) is 33.5 Å². The van der Waals surface area contributed by atoms with Crippen LogP contribution in [-0.2, 0) is 6.18 Å². The normalized spacial score (nSPS) is 11.2. The Morgan fingerprint density at radius 3 is 2.36 bits per heavy atom. The Balaban J connectivity index is 1.25. The van der Waals surface area contributed by atoms with Crippen LogP contribution in [-0.4, -0.2) is 32.5 Å². The van der Waals surface area contributed by atoms with Crippen molar-refractivity contribution in [2.24, 2.45) is 0 Å². The molecule has 0 spiro atoms. The highest BCUT2D eigenvalue weighted by atomic mass is 32.1. The van der Waals surface area contributed by atoms with Gasteiger partial charge < -0.3 is 20.7 Å². The van der Waals surface area contributed by atoms with Gasteiger partial charge in [0.05, 0.1) is 39.9 Å². The molecule has 0 aliphatic heterocycles. The van der Waals surface area contributed by atoms with Gasteiger partial charge in [0, 0.05) is 24.5 Å². The number of ether oxygens (including phenoxy) is 1. The summed E-state index contributed by atoms with van der Waals surface area (Å²) in [7, 11) is 0. The van der Waals surface area contributed by atoms with Crippen molar-refractivity contribution in [1.29, 1.82) is 0 Å². The topological polar surface area (TPSA) is 114 Å². The Kier molecular flexibility index (Phi) is 8.29. The maximum absolute atomic E-state index is 13.4. The fourth-order valence-electron chi connectivity index (χ4n) is 3.92. The lowest BCUT2D eigenvalue weighted by atomic mass is 10.0. The molecule has 5 rings (SSSR count). The Morgan fingerprint density at radius 2 is 1.67 bits per heavy atom. The lowest BCUT2D eigenvalue weighted by Gasteiger charge is -2.15. The van der Waals surface area contributed by atoms with Crippen LogP contribution in [0.15, 0.2) is 79.4 Å². The maximum Gasteiger partial charge on any atom is 0.417 e. The summed E-state index contributed by atoms with van der Waals surface area (Å²) < 4.78 is 45.8. The summed E-state index contributed by atoms with van der Waals surface area (Å²) in [5.74, 6) is 0.509. The highest BCUT2D eigenvalue weighted by Crippen LogP contribution is 2.35. The third-order valence-corrected chi connectivity index (χ3v) is 6.94. The minimum atomic E-state index is -4.63. The zero-order valence-corrected chi connectivity index (χ0v) is 23.2. The lowest BCUT2D eigenvalue weighted by Crippen LogP contribution is -2.21. The number of nitrogens with one attached hydrogen (secondary N) is 3. The molecule has 5 aromatic rings. The molecule has 214 valence electrons. The van der Waals surface area contributed by atoms with Crippen LogP contribution in [0.25, 0.3) is 21.7 Å². The van der Waals surface area contributed by atoms with Crippen molar-refractivity contribution < 1.29 is 22.7 Å². The number of thiazole rings is 1. The average molecular weight is 592 g/mol. The fraction of sp³-hybridized carbons (Fsp3) is 0.138. The number of aryl methyl sites for hydroxylation is 1. The summed E-state index contributed by atoms with van der Waals surface area (Å²) in [6.45, 7) is 4.60. The van der Waals surface area contributed by atoms with E-state index >= 15 is 0 Å². The third-order valence-electron chi connectivity index (χ3n) is 5.93. The second-order valence-electron chi connectivity index (χ2n) is 8.95. The summed E-state index contributed by atoms with van der Waals surface area (Å²) in [4.78, 5) is 30.3. The van der Waals surface area contributed by atoms with Gasteiger partial charge in [-0.1, -0.05) is 35.6 Å². The number of anilines is 3.